The minimum atomic E-state index is -1.18. The van der Waals surface area contributed by atoms with Crippen molar-refractivity contribution < 1.29 is 19.1 Å². The predicted molar refractivity (Wildman–Crippen MR) is 119 cm³/mol. The molecule has 0 saturated carbocycles. The van der Waals surface area contributed by atoms with Gasteiger partial charge in [-0.25, -0.2) is 14.2 Å². The largest absolute Gasteiger partial charge is 0.480 e. The van der Waals surface area contributed by atoms with Gasteiger partial charge in [-0.15, -0.1) is 11.8 Å². The normalized spacial score (nSPS) is 12.2. The maximum absolute atomic E-state index is 13.3. The minimum absolute atomic E-state index is 0.0272. The molecule has 1 atom stereocenters. The molecule has 1 aromatic heterocycles. The van der Waals surface area contributed by atoms with Gasteiger partial charge in [-0.05, 0) is 35.7 Å². The molecule has 6 nitrogen and oxygen atoms in total. The summed E-state index contributed by atoms with van der Waals surface area (Å²) in [6.07, 6.45) is -0.0534. The second-order valence-corrected chi connectivity index (χ2v) is 8.31. The second kappa shape index (κ2) is 8.95. The quantitative estimate of drug-likeness (QED) is 0.357. The van der Waals surface area contributed by atoms with Gasteiger partial charge >= 0.3 is 5.97 Å². The third-order valence-electron chi connectivity index (χ3n) is 4.70. The van der Waals surface area contributed by atoms with Crippen molar-refractivity contribution in [3.05, 3.63) is 71.3 Å². The third kappa shape index (κ3) is 4.81. The number of nitrogens with one attached hydrogen (secondary N) is 2. The van der Waals surface area contributed by atoms with Gasteiger partial charge in [0.2, 0.25) is 5.91 Å². The van der Waals surface area contributed by atoms with E-state index in [-0.39, 0.29) is 12.2 Å². The van der Waals surface area contributed by atoms with E-state index >= 15 is 0 Å². The van der Waals surface area contributed by atoms with Crippen LogP contribution in [0.25, 0.3) is 21.8 Å². The molecule has 3 aromatic carbocycles. The lowest BCUT2D eigenvalue weighted by Crippen LogP contribution is -2.43. The van der Waals surface area contributed by atoms with E-state index in [0.29, 0.717) is 21.9 Å². The fourth-order valence-corrected chi connectivity index (χ4v) is 4.54. The molecule has 9 heteroatoms. The first-order valence-electron chi connectivity index (χ1n) is 9.37. The summed E-state index contributed by atoms with van der Waals surface area (Å²) in [7, 11) is 0. The summed E-state index contributed by atoms with van der Waals surface area (Å²) in [5.41, 5.74) is 0.990. The zero-order chi connectivity index (χ0) is 22.0. The van der Waals surface area contributed by atoms with Gasteiger partial charge in [-0.3, -0.25) is 4.79 Å². The Bertz CT molecular complexity index is 1290. The maximum Gasteiger partial charge on any atom is 0.326 e. The maximum atomic E-state index is 13.3. The number of carbonyl (C=O) groups excluding carboxylic acids is 1. The number of hydrogen-bond acceptors (Lipinski definition) is 4. The molecule has 0 bridgehead atoms. The fraction of sp³-hybridized carbons (Fsp3) is 0.136. The van der Waals surface area contributed by atoms with Crippen molar-refractivity contribution in [2.75, 3.05) is 5.75 Å². The van der Waals surface area contributed by atoms with Crippen molar-refractivity contribution in [2.24, 2.45) is 0 Å². The van der Waals surface area contributed by atoms with Crippen molar-refractivity contribution in [3.63, 3.8) is 0 Å². The SMILES string of the molecule is O=C(CSc1cccc2cccc(Cl)c12)N[C@H](Cc1nc2ccc(F)cc2[nH]1)C(=O)O. The van der Waals surface area contributed by atoms with Crippen LogP contribution in [0.4, 0.5) is 4.39 Å². The first kappa shape index (κ1) is 21.1. The monoisotopic (exact) mass is 457 g/mol. The van der Waals surface area contributed by atoms with Crippen LogP contribution < -0.4 is 5.32 Å². The number of amides is 1. The molecule has 3 N–H and O–H groups in total. The highest BCUT2D eigenvalue weighted by atomic mass is 35.5. The molecule has 1 amide bonds. The average Bonchev–Trinajstić information content (AvgIpc) is 3.13. The number of aromatic nitrogens is 2. The van der Waals surface area contributed by atoms with Crippen molar-refractivity contribution in [3.8, 4) is 0 Å². The molecule has 0 aliphatic rings. The van der Waals surface area contributed by atoms with E-state index in [4.69, 9.17) is 11.6 Å². The molecule has 0 fully saturated rings. The zero-order valence-electron chi connectivity index (χ0n) is 16.1. The van der Waals surface area contributed by atoms with Gasteiger partial charge in [0, 0.05) is 21.7 Å². The summed E-state index contributed by atoms with van der Waals surface area (Å²) in [6.45, 7) is 0. The van der Waals surface area contributed by atoms with Crippen molar-refractivity contribution >= 4 is 57.0 Å². The Kier molecular flexibility index (Phi) is 6.11. The van der Waals surface area contributed by atoms with Gasteiger partial charge in [0.05, 0.1) is 16.8 Å². The number of carboxylic acid groups (broad SMARTS) is 1. The van der Waals surface area contributed by atoms with Crippen LogP contribution in [0.15, 0.2) is 59.5 Å². The van der Waals surface area contributed by atoms with Gasteiger partial charge in [-0.1, -0.05) is 35.9 Å². The summed E-state index contributed by atoms with van der Waals surface area (Å²) in [6, 6.07) is 14.2. The summed E-state index contributed by atoms with van der Waals surface area (Å²) in [4.78, 5) is 32.1. The second-order valence-electron chi connectivity index (χ2n) is 6.89. The Morgan fingerprint density at radius 1 is 1.19 bits per heavy atom. The average molecular weight is 458 g/mol. The van der Waals surface area contributed by atoms with E-state index in [1.165, 1.54) is 30.0 Å². The van der Waals surface area contributed by atoms with Crippen LogP contribution in [0.1, 0.15) is 5.82 Å². The zero-order valence-corrected chi connectivity index (χ0v) is 17.6. The Labute approximate surface area is 185 Å². The lowest BCUT2D eigenvalue weighted by molar-refractivity contribution is -0.141. The van der Waals surface area contributed by atoms with E-state index in [1.807, 2.05) is 30.3 Å². The molecule has 4 aromatic rings. The molecule has 4 rings (SSSR count). The van der Waals surface area contributed by atoms with Crippen LogP contribution in [0.3, 0.4) is 0 Å². The Hall–Kier alpha value is -3.10. The summed E-state index contributed by atoms with van der Waals surface area (Å²) in [5.74, 6) is -1.65. The van der Waals surface area contributed by atoms with E-state index in [1.54, 1.807) is 6.07 Å². The highest BCUT2D eigenvalue weighted by Gasteiger charge is 2.22. The molecular weight excluding hydrogens is 441 g/mol. The Morgan fingerprint density at radius 3 is 2.74 bits per heavy atom. The molecule has 0 aliphatic heterocycles. The summed E-state index contributed by atoms with van der Waals surface area (Å²) >= 11 is 7.59. The number of carbonyl (C=O) groups is 2. The number of benzene rings is 3. The molecule has 0 spiro atoms. The number of thioether (sulfide) groups is 1. The van der Waals surface area contributed by atoms with Crippen molar-refractivity contribution in [1.29, 1.82) is 0 Å². The van der Waals surface area contributed by atoms with E-state index in [0.717, 1.165) is 15.7 Å². The molecule has 0 unspecified atom stereocenters. The molecule has 1 heterocycles. The lowest BCUT2D eigenvalue weighted by atomic mass is 10.1. The summed E-state index contributed by atoms with van der Waals surface area (Å²) < 4.78 is 13.3. The number of hydrogen-bond donors (Lipinski definition) is 3. The fourth-order valence-electron chi connectivity index (χ4n) is 3.29. The number of carboxylic acids is 1. The van der Waals surface area contributed by atoms with Crippen LogP contribution in [0.5, 0.6) is 0 Å². The Balaban J connectivity index is 1.44. The molecule has 0 radical (unpaired) electrons. The lowest BCUT2D eigenvalue weighted by Gasteiger charge is -2.14. The van der Waals surface area contributed by atoms with Gasteiger partial charge in [0.1, 0.15) is 17.7 Å². The molecular formula is C22H17ClFN3O3S. The topological polar surface area (TPSA) is 95.1 Å². The molecule has 158 valence electrons. The highest BCUT2D eigenvalue weighted by molar-refractivity contribution is 8.00. The van der Waals surface area contributed by atoms with Crippen LogP contribution in [0, 0.1) is 5.82 Å². The number of nitrogens with zero attached hydrogens (tertiary/aromatic N) is 1. The van der Waals surface area contributed by atoms with Crippen molar-refractivity contribution in [2.45, 2.75) is 17.4 Å². The number of aliphatic carboxylic acids is 1. The number of halogens is 2. The number of rotatable bonds is 7. The van der Waals surface area contributed by atoms with Crippen LogP contribution in [0.2, 0.25) is 5.02 Å². The Morgan fingerprint density at radius 2 is 1.97 bits per heavy atom. The number of aromatic amines is 1. The minimum Gasteiger partial charge on any atom is -0.480 e. The first-order chi connectivity index (χ1) is 14.9. The predicted octanol–water partition coefficient (Wildman–Crippen LogP) is 4.41. The van der Waals surface area contributed by atoms with E-state index in [2.05, 4.69) is 15.3 Å². The van der Waals surface area contributed by atoms with Crippen LogP contribution >= 0.6 is 23.4 Å². The smallest absolute Gasteiger partial charge is 0.326 e. The highest BCUT2D eigenvalue weighted by Crippen LogP contribution is 2.33. The standard InChI is InChI=1S/C22H17ClFN3O3S/c23-14-5-1-3-12-4-2-6-18(21(12)14)31-11-20(28)27-17(22(29)30)10-19-25-15-8-7-13(24)9-16(15)26-19/h1-9,17H,10-11H2,(H,25,26)(H,27,28)(H,29,30)/t17-/m1/s1. The molecule has 0 saturated heterocycles. The van der Waals surface area contributed by atoms with E-state index in [9.17, 15) is 19.1 Å². The third-order valence-corrected chi connectivity index (χ3v) is 6.07. The molecule has 0 aliphatic carbocycles. The van der Waals surface area contributed by atoms with Gasteiger partial charge in [0.15, 0.2) is 0 Å². The number of imidazole rings is 1. The summed E-state index contributed by atoms with van der Waals surface area (Å²) in [5, 5.41) is 14.5. The van der Waals surface area contributed by atoms with Crippen LogP contribution in [-0.2, 0) is 16.0 Å². The first-order valence-corrected chi connectivity index (χ1v) is 10.7. The number of H-pyrrole nitrogens is 1. The van der Waals surface area contributed by atoms with Gasteiger partial charge < -0.3 is 15.4 Å². The van der Waals surface area contributed by atoms with Crippen LogP contribution in [-0.4, -0.2) is 38.7 Å². The van der Waals surface area contributed by atoms with Gasteiger partial charge in [0.25, 0.3) is 0 Å². The van der Waals surface area contributed by atoms with Gasteiger partial charge in [-0.2, -0.15) is 0 Å². The number of fused-ring (bicyclic) bond motifs is 2. The van der Waals surface area contributed by atoms with E-state index < -0.39 is 23.7 Å². The van der Waals surface area contributed by atoms with Crippen molar-refractivity contribution in [1.82, 2.24) is 15.3 Å². The molecule has 31 heavy (non-hydrogen) atoms.